The van der Waals surface area contributed by atoms with Crippen LogP contribution in [0.15, 0.2) is 223 Å². The van der Waals surface area contributed by atoms with Gasteiger partial charge in [0.2, 0.25) is 0 Å². The van der Waals surface area contributed by atoms with Crippen LogP contribution in [0.1, 0.15) is 0 Å². The first-order valence-corrected chi connectivity index (χ1v) is 23.3. The zero-order valence-electron chi connectivity index (χ0n) is 35.9. The number of para-hydroxylation sites is 2. The predicted molar refractivity (Wildman–Crippen MR) is 279 cm³/mol. The van der Waals surface area contributed by atoms with Crippen LogP contribution in [-0.4, -0.2) is 19.5 Å². The van der Waals surface area contributed by atoms with E-state index in [-0.39, 0.29) is 0 Å². The van der Waals surface area contributed by atoms with Gasteiger partial charge in [0.05, 0.1) is 11.0 Å². The largest absolute Gasteiger partial charge is 0.456 e. The van der Waals surface area contributed by atoms with Crippen molar-refractivity contribution in [3.8, 4) is 62.1 Å². The summed E-state index contributed by atoms with van der Waals surface area (Å²) in [6.45, 7) is 0. The van der Waals surface area contributed by atoms with E-state index in [1.807, 2.05) is 65.9 Å². The van der Waals surface area contributed by atoms with Crippen LogP contribution in [0.5, 0.6) is 0 Å². The molecule has 14 rings (SSSR count). The van der Waals surface area contributed by atoms with Crippen molar-refractivity contribution in [1.29, 1.82) is 0 Å². The molecule has 67 heavy (non-hydrogen) atoms. The third-order valence-electron chi connectivity index (χ3n) is 13.2. The van der Waals surface area contributed by atoms with Gasteiger partial charge in [0.25, 0.3) is 0 Å². The first-order chi connectivity index (χ1) is 33.2. The summed E-state index contributed by atoms with van der Waals surface area (Å²) < 4.78 is 11.4. The molecule has 0 fully saturated rings. The minimum atomic E-state index is 0.577. The Morgan fingerprint density at radius 2 is 0.985 bits per heavy atom. The molecule has 0 saturated carbocycles. The van der Waals surface area contributed by atoms with Crippen LogP contribution < -0.4 is 0 Å². The van der Waals surface area contributed by atoms with Gasteiger partial charge in [-0.25, -0.2) is 15.0 Å². The molecule has 312 valence electrons. The van der Waals surface area contributed by atoms with Gasteiger partial charge in [0.1, 0.15) is 11.2 Å². The van der Waals surface area contributed by atoms with Crippen LogP contribution in [0.4, 0.5) is 0 Å². The molecule has 0 atom stereocenters. The van der Waals surface area contributed by atoms with Crippen LogP contribution in [0.25, 0.3) is 137 Å². The minimum absolute atomic E-state index is 0.577. The highest BCUT2D eigenvalue weighted by Crippen LogP contribution is 2.43. The molecule has 0 bridgehead atoms. The average molecular weight is 873 g/mol. The Bertz CT molecular complexity index is 4300. The van der Waals surface area contributed by atoms with Crippen molar-refractivity contribution in [3.63, 3.8) is 0 Å². The van der Waals surface area contributed by atoms with Crippen LogP contribution in [-0.2, 0) is 0 Å². The Hall–Kier alpha value is -8.71. The van der Waals surface area contributed by atoms with Gasteiger partial charge in [-0.3, -0.25) is 0 Å². The summed E-state index contributed by atoms with van der Waals surface area (Å²) in [6, 6.07) is 77.7. The van der Waals surface area contributed by atoms with Gasteiger partial charge in [-0.15, -0.1) is 11.3 Å². The van der Waals surface area contributed by atoms with E-state index < -0.39 is 0 Å². The van der Waals surface area contributed by atoms with Crippen LogP contribution in [0.3, 0.4) is 0 Å². The topological polar surface area (TPSA) is 56.7 Å². The molecule has 10 aromatic carbocycles. The van der Waals surface area contributed by atoms with E-state index in [1.54, 1.807) is 0 Å². The lowest BCUT2D eigenvalue weighted by Gasteiger charge is -2.14. The third kappa shape index (κ3) is 6.11. The molecule has 4 aromatic heterocycles. The Kier molecular flexibility index (Phi) is 8.38. The molecule has 0 unspecified atom stereocenters. The quantitative estimate of drug-likeness (QED) is 0.167. The fourth-order valence-corrected chi connectivity index (χ4v) is 11.2. The predicted octanol–water partition coefficient (Wildman–Crippen LogP) is 16.7. The fraction of sp³-hybridized carbons (Fsp3) is 0. The lowest BCUT2D eigenvalue weighted by Crippen LogP contribution is -2.01. The van der Waals surface area contributed by atoms with E-state index in [2.05, 4.69) is 168 Å². The van der Waals surface area contributed by atoms with Gasteiger partial charge in [-0.2, -0.15) is 0 Å². The highest BCUT2D eigenvalue weighted by Gasteiger charge is 2.21. The second-order valence-corrected chi connectivity index (χ2v) is 18.2. The molecule has 0 saturated heterocycles. The van der Waals surface area contributed by atoms with Crippen molar-refractivity contribution in [3.05, 3.63) is 218 Å². The first-order valence-electron chi connectivity index (χ1n) is 22.5. The summed E-state index contributed by atoms with van der Waals surface area (Å²) in [6.07, 6.45) is 0. The summed E-state index contributed by atoms with van der Waals surface area (Å²) >= 11 is 1.85. The number of hydrogen-bond acceptors (Lipinski definition) is 5. The maximum absolute atomic E-state index is 6.32. The lowest BCUT2D eigenvalue weighted by atomic mass is 9.96. The molecular weight excluding hydrogens is 837 g/mol. The maximum atomic E-state index is 6.32. The van der Waals surface area contributed by atoms with Crippen LogP contribution in [0, 0.1) is 0 Å². The third-order valence-corrected chi connectivity index (χ3v) is 14.4. The number of furan rings is 1. The molecule has 0 spiro atoms. The van der Waals surface area contributed by atoms with Crippen LogP contribution >= 0.6 is 11.3 Å². The Morgan fingerprint density at radius 1 is 0.358 bits per heavy atom. The van der Waals surface area contributed by atoms with Gasteiger partial charge in [0, 0.05) is 69.7 Å². The number of nitrogens with zero attached hydrogens (tertiary/aromatic N) is 4. The van der Waals surface area contributed by atoms with Gasteiger partial charge >= 0.3 is 0 Å². The molecule has 14 aromatic rings. The maximum Gasteiger partial charge on any atom is 0.164 e. The molecule has 0 aliphatic carbocycles. The Morgan fingerprint density at radius 3 is 1.88 bits per heavy atom. The second-order valence-electron chi connectivity index (χ2n) is 17.1. The normalized spacial score (nSPS) is 11.9. The van der Waals surface area contributed by atoms with Crippen LogP contribution in [0.2, 0.25) is 0 Å². The van der Waals surface area contributed by atoms with E-state index in [9.17, 15) is 0 Å². The zero-order chi connectivity index (χ0) is 44.0. The van der Waals surface area contributed by atoms with E-state index in [1.165, 1.54) is 52.8 Å². The fourth-order valence-electron chi connectivity index (χ4n) is 10.1. The number of rotatable bonds is 6. The van der Waals surface area contributed by atoms with E-state index >= 15 is 0 Å². The van der Waals surface area contributed by atoms with Gasteiger partial charge in [0.15, 0.2) is 17.5 Å². The molecule has 0 amide bonds. The van der Waals surface area contributed by atoms with E-state index in [0.717, 1.165) is 66.5 Å². The molecule has 0 N–H and O–H groups in total. The van der Waals surface area contributed by atoms with Crippen molar-refractivity contribution in [2.75, 3.05) is 0 Å². The van der Waals surface area contributed by atoms with Gasteiger partial charge < -0.3 is 8.98 Å². The molecule has 5 nitrogen and oxygen atoms in total. The highest BCUT2D eigenvalue weighted by molar-refractivity contribution is 7.25. The smallest absolute Gasteiger partial charge is 0.164 e. The molecular formula is C61H36N4OS. The summed E-state index contributed by atoms with van der Waals surface area (Å²) in [5.74, 6) is 1.77. The number of fused-ring (bicyclic) bond motifs is 11. The Labute approximate surface area is 388 Å². The summed E-state index contributed by atoms with van der Waals surface area (Å²) in [7, 11) is 0. The molecule has 6 heteroatoms. The first kappa shape index (κ1) is 37.6. The van der Waals surface area contributed by atoms with E-state index in [4.69, 9.17) is 19.4 Å². The Balaban J connectivity index is 0.960. The summed E-state index contributed by atoms with van der Waals surface area (Å²) in [5.41, 5.74) is 12.3. The van der Waals surface area contributed by atoms with Crippen molar-refractivity contribution in [2.24, 2.45) is 0 Å². The lowest BCUT2D eigenvalue weighted by molar-refractivity contribution is 0.669. The molecule has 0 radical (unpaired) electrons. The molecule has 4 heterocycles. The van der Waals surface area contributed by atoms with Crippen molar-refractivity contribution >= 4 is 86.0 Å². The molecule has 0 aliphatic rings. The number of thiophene rings is 1. The van der Waals surface area contributed by atoms with Crippen molar-refractivity contribution in [2.45, 2.75) is 0 Å². The van der Waals surface area contributed by atoms with Crippen molar-refractivity contribution < 1.29 is 4.42 Å². The zero-order valence-corrected chi connectivity index (χ0v) is 36.7. The minimum Gasteiger partial charge on any atom is -0.456 e. The average Bonchev–Trinajstić information content (AvgIpc) is 4.08. The summed E-state index contributed by atoms with van der Waals surface area (Å²) in [5, 5.41) is 9.59. The number of aromatic nitrogens is 4. The second kappa shape index (κ2) is 14.9. The van der Waals surface area contributed by atoms with E-state index in [0.29, 0.717) is 17.5 Å². The van der Waals surface area contributed by atoms with Crippen molar-refractivity contribution in [1.82, 2.24) is 19.5 Å². The highest BCUT2D eigenvalue weighted by atomic mass is 32.1. The number of hydrogen-bond donors (Lipinski definition) is 0. The van der Waals surface area contributed by atoms with Gasteiger partial charge in [-0.05, 0) is 88.1 Å². The monoisotopic (exact) mass is 872 g/mol. The van der Waals surface area contributed by atoms with Gasteiger partial charge in [-0.1, -0.05) is 158 Å². The summed E-state index contributed by atoms with van der Waals surface area (Å²) in [4.78, 5) is 15.5. The number of benzene rings is 10. The SMILES string of the molecule is c1ccc(-c2nc(-c3cccc(-n4c5ccc6ccccc6c5c5cccc(-c6cccc(-c7ccc8sc9ccccc9c8c7)c6)c54)c3)nc(-c3ccc4c(c3)oc3ccccc34)n2)cc1. The molecule has 0 aliphatic heterocycles. The standard InChI is InChI=1S/C61H36N4OS/c1-2-14-38(15-3-1)59-62-60(64-61(63-59)43-27-30-48-47-21-6-8-25-53(47)66-54(48)36-43)42-18-11-19-44(34-42)65-52-31-28-37-13-4-5-20-45(37)57(52)50-24-12-23-46(58(50)65)41-17-10-16-39(33-41)40-29-32-56-51(35-40)49-22-7-9-26-55(49)67-56/h1-36H.